The monoisotopic (exact) mass is 258 g/mol. The van der Waals surface area contributed by atoms with E-state index in [9.17, 15) is 15.0 Å². The minimum Gasteiger partial charge on any atom is -0.508 e. The van der Waals surface area contributed by atoms with Crippen LogP contribution in [0, 0.1) is 6.92 Å². The molecule has 2 aromatic rings. The molecule has 5 nitrogen and oxygen atoms in total. The first kappa shape index (κ1) is 12.8. The number of phenols is 2. The highest BCUT2D eigenvalue weighted by Crippen LogP contribution is 2.23. The molecule has 0 aliphatic rings. The summed E-state index contributed by atoms with van der Waals surface area (Å²) in [6.07, 6.45) is 0. The molecule has 5 heteroatoms. The van der Waals surface area contributed by atoms with Gasteiger partial charge in [0.2, 0.25) is 0 Å². The van der Waals surface area contributed by atoms with Gasteiger partial charge in [0.05, 0.1) is 5.56 Å². The lowest BCUT2D eigenvalue weighted by Crippen LogP contribution is -2.13. The van der Waals surface area contributed by atoms with Crippen molar-refractivity contribution in [1.29, 1.82) is 0 Å². The van der Waals surface area contributed by atoms with E-state index in [0.717, 1.165) is 5.56 Å². The number of aryl methyl sites for hydroxylation is 1. The Hall–Kier alpha value is -2.69. The molecule has 0 aromatic heterocycles. The van der Waals surface area contributed by atoms with Gasteiger partial charge in [0.15, 0.2) is 0 Å². The van der Waals surface area contributed by atoms with Crippen molar-refractivity contribution in [1.82, 2.24) is 0 Å². The predicted octanol–water partition coefficient (Wildman–Crippen LogP) is 2.24. The molecule has 0 heterocycles. The molecule has 5 N–H and O–H groups in total. The molecule has 19 heavy (non-hydrogen) atoms. The molecule has 0 saturated carbocycles. The van der Waals surface area contributed by atoms with E-state index in [4.69, 9.17) is 5.73 Å². The standard InChI is InChI=1S/C14H14N2O3/c1-8-2-3-9(6-13(8)18)16-14(19)11-7-10(17)4-5-12(11)15/h2-7,17-18H,15H2,1H3,(H,16,19). The van der Waals surface area contributed by atoms with Gasteiger partial charge in [0, 0.05) is 17.4 Å². The van der Waals surface area contributed by atoms with Crippen LogP contribution in [-0.4, -0.2) is 16.1 Å². The fourth-order valence-electron chi connectivity index (χ4n) is 1.63. The van der Waals surface area contributed by atoms with Gasteiger partial charge in [-0.3, -0.25) is 4.79 Å². The summed E-state index contributed by atoms with van der Waals surface area (Å²) in [5.41, 5.74) is 7.30. The molecule has 2 rings (SSSR count). The summed E-state index contributed by atoms with van der Waals surface area (Å²) in [4.78, 5) is 12.0. The van der Waals surface area contributed by atoms with Gasteiger partial charge in [0.1, 0.15) is 11.5 Å². The largest absolute Gasteiger partial charge is 0.508 e. The summed E-state index contributed by atoms with van der Waals surface area (Å²) < 4.78 is 0. The summed E-state index contributed by atoms with van der Waals surface area (Å²) in [5, 5.41) is 21.5. The molecule has 0 fully saturated rings. The van der Waals surface area contributed by atoms with E-state index in [-0.39, 0.29) is 22.7 Å². The second-order valence-corrected chi connectivity index (χ2v) is 4.23. The minimum atomic E-state index is -0.448. The quantitative estimate of drug-likeness (QED) is 0.490. The maximum absolute atomic E-state index is 12.0. The van der Waals surface area contributed by atoms with Gasteiger partial charge in [-0.05, 0) is 36.8 Å². The fraction of sp³-hybridized carbons (Fsp3) is 0.0714. The number of benzene rings is 2. The Morgan fingerprint density at radius 1 is 1.16 bits per heavy atom. The van der Waals surface area contributed by atoms with Crippen LogP contribution < -0.4 is 11.1 Å². The summed E-state index contributed by atoms with van der Waals surface area (Å²) in [7, 11) is 0. The predicted molar refractivity (Wildman–Crippen MR) is 73.3 cm³/mol. The lowest BCUT2D eigenvalue weighted by Gasteiger charge is -2.09. The van der Waals surface area contributed by atoms with Gasteiger partial charge in [-0.25, -0.2) is 0 Å². The smallest absolute Gasteiger partial charge is 0.257 e. The topological polar surface area (TPSA) is 95.6 Å². The second-order valence-electron chi connectivity index (χ2n) is 4.23. The number of nitrogens with one attached hydrogen (secondary N) is 1. The van der Waals surface area contributed by atoms with Crippen LogP contribution in [0.25, 0.3) is 0 Å². The number of phenolic OH excluding ortho intramolecular Hbond substituents is 2. The van der Waals surface area contributed by atoms with Crippen LogP contribution in [0.1, 0.15) is 15.9 Å². The van der Waals surface area contributed by atoms with Crippen LogP contribution in [0.5, 0.6) is 11.5 Å². The van der Waals surface area contributed by atoms with Crippen molar-refractivity contribution < 1.29 is 15.0 Å². The zero-order valence-electron chi connectivity index (χ0n) is 10.3. The van der Waals surface area contributed by atoms with Crippen molar-refractivity contribution in [2.45, 2.75) is 6.92 Å². The molecule has 0 radical (unpaired) electrons. The number of nitrogen functional groups attached to an aromatic ring is 1. The van der Waals surface area contributed by atoms with Crippen LogP contribution in [-0.2, 0) is 0 Å². The molecule has 0 atom stereocenters. The molecule has 0 bridgehead atoms. The number of nitrogens with two attached hydrogens (primary N) is 1. The zero-order valence-corrected chi connectivity index (χ0v) is 10.3. The maximum Gasteiger partial charge on any atom is 0.257 e. The number of amides is 1. The summed E-state index contributed by atoms with van der Waals surface area (Å²) in [6, 6.07) is 8.97. The van der Waals surface area contributed by atoms with Crippen LogP contribution in [0.15, 0.2) is 36.4 Å². The van der Waals surface area contributed by atoms with Crippen molar-refractivity contribution in [3.8, 4) is 11.5 Å². The van der Waals surface area contributed by atoms with Gasteiger partial charge < -0.3 is 21.3 Å². The Labute approximate surface area is 110 Å². The average molecular weight is 258 g/mol. The average Bonchev–Trinajstić information content (AvgIpc) is 2.36. The van der Waals surface area contributed by atoms with E-state index >= 15 is 0 Å². The third-order valence-electron chi connectivity index (χ3n) is 2.75. The first-order chi connectivity index (χ1) is 8.97. The van der Waals surface area contributed by atoms with E-state index in [1.165, 1.54) is 24.3 Å². The molecule has 0 unspecified atom stereocenters. The lowest BCUT2D eigenvalue weighted by molar-refractivity contribution is 0.102. The summed E-state index contributed by atoms with van der Waals surface area (Å²) in [6.45, 7) is 1.76. The third-order valence-corrected chi connectivity index (χ3v) is 2.75. The highest BCUT2D eigenvalue weighted by Gasteiger charge is 2.11. The van der Waals surface area contributed by atoms with Crippen molar-refractivity contribution in [3.05, 3.63) is 47.5 Å². The minimum absolute atomic E-state index is 0.0360. The molecule has 0 saturated heterocycles. The molecule has 98 valence electrons. The highest BCUT2D eigenvalue weighted by molar-refractivity contribution is 6.08. The molecule has 0 aliphatic heterocycles. The molecule has 0 aliphatic carbocycles. The number of carbonyl (C=O) groups excluding carboxylic acids is 1. The van der Waals surface area contributed by atoms with Crippen molar-refractivity contribution >= 4 is 17.3 Å². The number of aromatic hydroxyl groups is 2. The van der Waals surface area contributed by atoms with E-state index in [2.05, 4.69) is 5.32 Å². The number of hydrogen-bond acceptors (Lipinski definition) is 4. The lowest BCUT2D eigenvalue weighted by atomic mass is 10.1. The van der Waals surface area contributed by atoms with Gasteiger partial charge >= 0.3 is 0 Å². The number of rotatable bonds is 2. The Morgan fingerprint density at radius 2 is 1.89 bits per heavy atom. The van der Waals surface area contributed by atoms with Crippen LogP contribution in [0.4, 0.5) is 11.4 Å². The van der Waals surface area contributed by atoms with Crippen LogP contribution in [0.3, 0.4) is 0 Å². The fourth-order valence-corrected chi connectivity index (χ4v) is 1.63. The Morgan fingerprint density at radius 3 is 2.58 bits per heavy atom. The highest BCUT2D eigenvalue weighted by atomic mass is 16.3. The van der Waals surface area contributed by atoms with Crippen molar-refractivity contribution in [3.63, 3.8) is 0 Å². The van der Waals surface area contributed by atoms with E-state index in [1.807, 2.05) is 0 Å². The van der Waals surface area contributed by atoms with Crippen LogP contribution >= 0.6 is 0 Å². The van der Waals surface area contributed by atoms with Gasteiger partial charge in [-0.2, -0.15) is 0 Å². The van der Waals surface area contributed by atoms with E-state index < -0.39 is 5.91 Å². The van der Waals surface area contributed by atoms with E-state index in [0.29, 0.717) is 5.69 Å². The summed E-state index contributed by atoms with van der Waals surface area (Å²) >= 11 is 0. The van der Waals surface area contributed by atoms with E-state index in [1.54, 1.807) is 19.1 Å². The van der Waals surface area contributed by atoms with Gasteiger partial charge in [0.25, 0.3) is 5.91 Å². The Bertz CT molecular complexity index is 639. The molecule has 2 aromatic carbocycles. The first-order valence-corrected chi connectivity index (χ1v) is 5.67. The van der Waals surface area contributed by atoms with Crippen molar-refractivity contribution in [2.24, 2.45) is 0 Å². The SMILES string of the molecule is Cc1ccc(NC(=O)c2cc(O)ccc2N)cc1O. The Balaban J connectivity index is 2.25. The van der Waals surface area contributed by atoms with Gasteiger partial charge in [-0.15, -0.1) is 0 Å². The second kappa shape index (κ2) is 4.89. The van der Waals surface area contributed by atoms with Gasteiger partial charge in [-0.1, -0.05) is 6.07 Å². The molecule has 0 spiro atoms. The summed E-state index contributed by atoms with van der Waals surface area (Å²) in [5.74, 6) is -0.385. The zero-order chi connectivity index (χ0) is 14.0. The molecular formula is C14H14N2O3. The first-order valence-electron chi connectivity index (χ1n) is 5.67. The maximum atomic E-state index is 12.0. The number of hydrogen-bond donors (Lipinski definition) is 4. The number of carbonyl (C=O) groups is 1. The normalized spacial score (nSPS) is 10.2. The number of anilines is 2. The molecular weight excluding hydrogens is 244 g/mol. The molecule has 1 amide bonds. The van der Waals surface area contributed by atoms with Crippen LogP contribution in [0.2, 0.25) is 0 Å². The van der Waals surface area contributed by atoms with Crippen molar-refractivity contribution in [2.75, 3.05) is 11.1 Å². The Kier molecular flexibility index (Phi) is 3.29. The third kappa shape index (κ3) is 2.77.